The van der Waals surface area contributed by atoms with Crippen LogP contribution in [0.3, 0.4) is 0 Å². The highest BCUT2D eigenvalue weighted by Crippen LogP contribution is 2.48. The molecule has 0 spiro atoms. The van der Waals surface area contributed by atoms with E-state index in [1.807, 2.05) is 0 Å². The summed E-state index contributed by atoms with van der Waals surface area (Å²) in [5.74, 6) is 1.56. The molecule has 0 atom stereocenters. The van der Waals surface area contributed by atoms with Crippen LogP contribution in [-0.2, 0) is 0 Å². The molecule has 0 unspecified atom stereocenters. The molecule has 0 heterocycles. The van der Waals surface area contributed by atoms with E-state index in [2.05, 4.69) is 5.32 Å². The van der Waals surface area contributed by atoms with Crippen molar-refractivity contribution in [3.8, 4) is 0 Å². The molecule has 0 saturated heterocycles. The van der Waals surface area contributed by atoms with Crippen LogP contribution in [0, 0.1) is 30.5 Å². The zero-order valence-corrected chi connectivity index (χ0v) is 11.3. The molecular weight excluding hydrogens is 241 g/mol. The molecule has 2 nitrogen and oxygen atoms in total. The van der Waals surface area contributed by atoms with Crippen LogP contribution in [-0.4, -0.2) is 12.5 Å². The van der Waals surface area contributed by atoms with Gasteiger partial charge in [0.1, 0.15) is 5.82 Å². The Morgan fingerprint density at radius 2 is 1.95 bits per heavy atom. The van der Waals surface area contributed by atoms with Gasteiger partial charge in [0.2, 0.25) is 0 Å². The topological polar surface area (TPSA) is 29.1 Å². The minimum Gasteiger partial charge on any atom is -0.352 e. The predicted octanol–water partition coefficient (Wildman–Crippen LogP) is 3.30. The van der Waals surface area contributed by atoms with Gasteiger partial charge >= 0.3 is 0 Å². The summed E-state index contributed by atoms with van der Waals surface area (Å²) in [4.78, 5) is 12.1. The fourth-order valence-corrected chi connectivity index (χ4v) is 2.90. The van der Waals surface area contributed by atoms with Gasteiger partial charge in [0.25, 0.3) is 5.91 Å². The average Bonchev–Trinajstić information content (AvgIpc) is 3.26. The summed E-state index contributed by atoms with van der Waals surface area (Å²) in [7, 11) is 0. The zero-order chi connectivity index (χ0) is 13.4. The number of amides is 1. The molecule has 19 heavy (non-hydrogen) atoms. The van der Waals surface area contributed by atoms with E-state index in [1.165, 1.54) is 25.7 Å². The lowest BCUT2D eigenvalue weighted by molar-refractivity contribution is 0.0939. The maximum Gasteiger partial charge on any atom is 0.254 e. The number of aryl methyl sites for hydroxylation is 1. The molecule has 0 aromatic heterocycles. The van der Waals surface area contributed by atoms with Crippen molar-refractivity contribution in [1.82, 2.24) is 5.32 Å². The first-order chi connectivity index (χ1) is 9.16. The Kier molecular flexibility index (Phi) is 3.29. The Bertz CT molecular complexity index is 480. The lowest BCUT2D eigenvalue weighted by Crippen LogP contribution is -2.31. The van der Waals surface area contributed by atoms with Crippen LogP contribution < -0.4 is 5.32 Å². The summed E-state index contributed by atoms with van der Waals surface area (Å²) in [5, 5.41) is 2.93. The third-order valence-electron chi connectivity index (χ3n) is 4.39. The van der Waals surface area contributed by atoms with Crippen LogP contribution in [0.5, 0.6) is 0 Å². The van der Waals surface area contributed by atoms with Crippen molar-refractivity contribution in [2.24, 2.45) is 17.8 Å². The third kappa shape index (κ3) is 2.80. The Hall–Kier alpha value is -1.38. The first kappa shape index (κ1) is 12.6. The van der Waals surface area contributed by atoms with Gasteiger partial charge in [-0.05, 0) is 62.0 Å². The number of carbonyl (C=O) groups excluding carboxylic acids is 1. The number of nitrogens with one attached hydrogen (secondary N) is 1. The lowest BCUT2D eigenvalue weighted by atomic mass is 9.98. The molecule has 1 N–H and O–H groups in total. The average molecular weight is 261 g/mol. The summed E-state index contributed by atoms with van der Waals surface area (Å²) in [5.41, 5.74) is 0.693. The van der Waals surface area contributed by atoms with E-state index in [-0.39, 0.29) is 11.5 Å². The molecular formula is C16H20FNO. The van der Waals surface area contributed by atoms with Crippen molar-refractivity contribution in [2.45, 2.75) is 32.6 Å². The normalized spacial score (nSPS) is 18.7. The van der Waals surface area contributed by atoms with Crippen molar-refractivity contribution in [3.63, 3.8) is 0 Å². The van der Waals surface area contributed by atoms with Crippen molar-refractivity contribution < 1.29 is 9.18 Å². The minimum atomic E-state index is -0.394. The third-order valence-corrected chi connectivity index (χ3v) is 4.39. The van der Waals surface area contributed by atoms with Gasteiger partial charge in [-0.25, -0.2) is 4.39 Å². The molecule has 2 saturated carbocycles. The number of hydrogen-bond acceptors (Lipinski definition) is 1. The van der Waals surface area contributed by atoms with Crippen LogP contribution in [0.15, 0.2) is 18.2 Å². The minimum absolute atomic E-state index is 0.172. The molecule has 1 aromatic rings. The number of benzene rings is 1. The van der Waals surface area contributed by atoms with Crippen LogP contribution >= 0.6 is 0 Å². The van der Waals surface area contributed by atoms with Gasteiger partial charge < -0.3 is 5.32 Å². The van der Waals surface area contributed by atoms with E-state index in [0.717, 1.165) is 11.8 Å². The van der Waals surface area contributed by atoms with Crippen molar-refractivity contribution >= 4 is 5.91 Å². The van der Waals surface area contributed by atoms with Gasteiger partial charge in [-0.3, -0.25) is 4.79 Å². The Morgan fingerprint density at radius 3 is 2.53 bits per heavy atom. The van der Waals surface area contributed by atoms with Crippen molar-refractivity contribution in [1.29, 1.82) is 0 Å². The molecule has 0 aliphatic heterocycles. The quantitative estimate of drug-likeness (QED) is 0.865. The second-order valence-corrected chi connectivity index (χ2v) is 5.99. The first-order valence-corrected chi connectivity index (χ1v) is 7.20. The van der Waals surface area contributed by atoms with Gasteiger partial charge in [0, 0.05) is 6.54 Å². The van der Waals surface area contributed by atoms with Crippen LogP contribution in [0.1, 0.15) is 41.6 Å². The molecule has 2 fully saturated rings. The molecule has 1 aromatic carbocycles. The first-order valence-electron chi connectivity index (χ1n) is 7.20. The predicted molar refractivity (Wildman–Crippen MR) is 72.4 cm³/mol. The molecule has 102 valence electrons. The van der Waals surface area contributed by atoms with Crippen LogP contribution in [0.2, 0.25) is 0 Å². The largest absolute Gasteiger partial charge is 0.352 e. The summed E-state index contributed by atoms with van der Waals surface area (Å²) in [6.45, 7) is 2.39. The van der Waals surface area contributed by atoms with E-state index in [1.54, 1.807) is 25.1 Å². The number of halogens is 1. The Balaban J connectivity index is 1.62. The maximum absolute atomic E-state index is 13.9. The van der Waals surface area contributed by atoms with Crippen LogP contribution in [0.25, 0.3) is 0 Å². The van der Waals surface area contributed by atoms with E-state index in [4.69, 9.17) is 0 Å². The van der Waals surface area contributed by atoms with Gasteiger partial charge in [-0.15, -0.1) is 0 Å². The summed E-state index contributed by atoms with van der Waals surface area (Å²) >= 11 is 0. The Labute approximate surface area is 113 Å². The summed E-state index contributed by atoms with van der Waals surface area (Å²) in [6.07, 6.45) is 5.21. The van der Waals surface area contributed by atoms with Gasteiger partial charge in [0.15, 0.2) is 0 Å². The molecule has 2 aliphatic carbocycles. The monoisotopic (exact) mass is 261 g/mol. The van der Waals surface area contributed by atoms with Crippen molar-refractivity contribution in [3.05, 3.63) is 35.1 Å². The standard InChI is InChI=1S/C16H20FNO/c1-10-3-2-4-13(15(10)17)16(19)18-9-14(11-5-6-11)12-7-8-12/h2-4,11-12,14H,5-9H2,1H3,(H,18,19). The lowest BCUT2D eigenvalue weighted by Gasteiger charge is -2.16. The fraction of sp³-hybridized carbons (Fsp3) is 0.562. The smallest absolute Gasteiger partial charge is 0.254 e. The van der Waals surface area contributed by atoms with E-state index in [0.29, 0.717) is 18.0 Å². The Morgan fingerprint density at radius 1 is 1.32 bits per heavy atom. The SMILES string of the molecule is Cc1cccc(C(=O)NCC(C2CC2)C2CC2)c1F. The zero-order valence-electron chi connectivity index (χ0n) is 11.3. The number of hydrogen-bond donors (Lipinski definition) is 1. The fourth-order valence-electron chi connectivity index (χ4n) is 2.90. The number of carbonyl (C=O) groups is 1. The number of rotatable bonds is 5. The molecule has 2 aliphatic rings. The van der Waals surface area contributed by atoms with Gasteiger partial charge in [-0.2, -0.15) is 0 Å². The highest BCUT2D eigenvalue weighted by Gasteiger charge is 2.41. The van der Waals surface area contributed by atoms with E-state index >= 15 is 0 Å². The molecule has 1 amide bonds. The molecule has 3 rings (SSSR count). The highest BCUT2D eigenvalue weighted by molar-refractivity contribution is 5.94. The van der Waals surface area contributed by atoms with E-state index < -0.39 is 5.82 Å². The summed E-state index contributed by atoms with van der Waals surface area (Å²) in [6, 6.07) is 4.97. The molecule has 3 heteroatoms. The summed E-state index contributed by atoms with van der Waals surface area (Å²) < 4.78 is 13.9. The van der Waals surface area contributed by atoms with Gasteiger partial charge in [-0.1, -0.05) is 12.1 Å². The second kappa shape index (κ2) is 4.95. The van der Waals surface area contributed by atoms with E-state index in [9.17, 15) is 9.18 Å². The van der Waals surface area contributed by atoms with Crippen LogP contribution in [0.4, 0.5) is 4.39 Å². The maximum atomic E-state index is 13.9. The molecule has 0 bridgehead atoms. The van der Waals surface area contributed by atoms with Gasteiger partial charge in [0.05, 0.1) is 5.56 Å². The van der Waals surface area contributed by atoms with Crippen molar-refractivity contribution in [2.75, 3.05) is 6.54 Å². The second-order valence-electron chi connectivity index (χ2n) is 5.99. The highest BCUT2D eigenvalue weighted by atomic mass is 19.1. The molecule has 0 radical (unpaired) electrons.